The average Bonchev–Trinajstić information content (AvgIpc) is 2.40. The maximum absolute atomic E-state index is 8.97. The molecule has 0 aromatic carbocycles. The largest absolute Gasteiger partial charge is 0.381 e. The van der Waals surface area contributed by atoms with E-state index < -0.39 is 0 Å². The van der Waals surface area contributed by atoms with E-state index in [2.05, 4.69) is 16.0 Å². The molecule has 17 heavy (non-hydrogen) atoms. The first-order chi connectivity index (χ1) is 8.31. The van der Waals surface area contributed by atoms with E-state index in [4.69, 9.17) is 10.00 Å². The Kier molecular flexibility index (Phi) is 3.89. The molecule has 0 aliphatic carbocycles. The number of nitriles is 1. The minimum absolute atomic E-state index is 0.391. The van der Waals surface area contributed by atoms with Crippen LogP contribution in [0.3, 0.4) is 0 Å². The molecule has 1 aliphatic heterocycles. The maximum atomic E-state index is 8.97. The summed E-state index contributed by atoms with van der Waals surface area (Å²) in [5.41, 5.74) is 0.391. The van der Waals surface area contributed by atoms with E-state index in [1.54, 1.807) is 12.4 Å². The number of anilines is 1. The number of ether oxygens (including phenoxy) is 1. The van der Waals surface area contributed by atoms with Crippen LogP contribution in [0.15, 0.2) is 12.4 Å². The van der Waals surface area contributed by atoms with Gasteiger partial charge in [-0.3, -0.25) is 0 Å². The Morgan fingerprint density at radius 3 is 2.82 bits per heavy atom. The standard InChI is InChI=1S/C12H16N4O/c1-16(9-10-2-6-17-7-3-10)12-11(8-13)14-4-5-15-12/h4-5,10H,2-3,6-7,9H2,1H3. The Bertz CT molecular complexity index is 409. The fourth-order valence-electron chi connectivity index (χ4n) is 2.09. The zero-order chi connectivity index (χ0) is 12.1. The van der Waals surface area contributed by atoms with Gasteiger partial charge in [-0.1, -0.05) is 0 Å². The van der Waals surface area contributed by atoms with Crippen LogP contribution in [0.5, 0.6) is 0 Å². The highest BCUT2D eigenvalue weighted by Crippen LogP contribution is 2.19. The number of aromatic nitrogens is 2. The third-order valence-electron chi connectivity index (χ3n) is 3.02. The fraction of sp³-hybridized carbons (Fsp3) is 0.583. The van der Waals surface area contributed by atoms with E-state index >= 15 is 0 Å². The molecule has 1 aliphatic rings. The molecule has 2 rings (SSSR count). The van der Waals surface area contributed by atoms with Crippen molar-refractivity contribution in [2.24, 2.45) is 5.92 Å². The lowest BCUT2D eigenvalue weighted by atomic mass is 10.00. The number of hydrogen-bond acceptors (Lipinski definition) is 5. The van der Waals surface area contributed by atoms with Crippen LogP contribution in [0.1, 0.15) is 18.5 Å². The molecule has 1 fully saturated rings. The second-order valence-corrected chi connectivity index (χ2v) is 4.28. The first-order valence-corrected chi connectivity index (χ1v) is 5.81. The van der Waals surface area contributed by atoms with Gasteiger partial charge in [0, 0.05) is 39.2 Å². The molecule has 5 nitrogen and oxygen atoms in total. The molecule has 1 aromatic heterocycles. The van der Waals surface area contributed by atoms with Crippen molar-refractivity contribution in [2.75, 3.05) is 31.7 Å². The van der Waals surface area contributed by atoms with E-state index in [-0.39, 0.29) is 0 Å². The zero-order valence-corrected chi connectivity index (χ0v) is 9.96. The van der Waals surface area contributed by atoms with Crippen LogP contribution >= 0.6 is 0 Å². The topological polar surface area (TPSA) is 62.0 Å². The van der Waals surface area contributed by atoms with Crippen molar-refractivity contribution >= 4 is 5.82 Å². The minimum atomic E-state index is 0.391. The molecule has 1 saturated heterocycles. The van der Waals surface area contributed by atoms with Crippen molar-refractivity contribution in [1.82, 2.24) is 9.97 Å². The van der Waals surface area contributed by atoms with Crippen molar-refractivity contribution in [2.45, 2.75) is 12.8 Å². The summed E-state index contributed by atoms with van der Waals surface area (Å²) in [6.45, 7) is 2.57. The van der Waals surface area contributed by atoms with Crippen LogP contribution in [0.2, 0.25) is 0 Å². The van der Waals surface area contributed by atoms with Crippen molar-refractivity contribution < 1.29 is 4.74 Å². The lowest BCUT2D eigenvalue weighted by Crippen LogP contribution is -2.30. The monoisotopic (exact) mass is 232 g/mol. The van der Waals surface area contributed by atoms with E-state index in [9.17, 15) is 0 Å². The lowest BCUT2D eigenvalue weighted by Gasteiger charge is -2.27. The van der Waals surface area contributed by atoms with Crippen molar-refractivity contribution in [1.29, 1.82) is 5.26 Å². The summed E-state index contributed by atoms with van der Waals surface area (Å²) in [6, 6.07) is 2.07. The predicted octanol–water partition coefficient (Wildman–Crippen LogP) is 1.21. The van der Waals surface area contributed by atoms with E-state index in [0.29, 0.717) is 17.4 Å². The third kappa shape index (κ3) is 2.92. The summed E-state index contributed by atoms with van der Waals surface area (Å²) in [5, 5.41) is 8.97. The Balaban J connectivity index is 2.03. The van der Waals surface area contributed by atoms with Gasteiger partial charge in [-0.05, 0) is 18.8 Å². The van der Waals surface area contributed by atoms with Crippen LogP contribution < -0.4 is 4.90 Å². The molecule has 0 saturated carbocycles. The van der Waals surface area contributed by atoms with Crippen LogP contribution in [-0.2, 0) is 4.74 Å². The fourth-order valence-corrected chi connectivity index (χ4v) is 2.09. The van der Waals surface area contributed by atoms with Gasteiger partial charge in [-0.25, -0.2) is 9.97 Å². The molecule has 0 unspecified atom stereocenters. The molecule has 0 N–H and O–H groups in total. The molecule has 90 valence electrons. The van der Waals surface area contributed by atoms with Gasteiger partial charge in [-0.15, -0.1) is 0 Å². The molecule has 0 bridgehead atoms. The van der Waals surface area contributed by atoms with E-state index in [1.165, 1.54) is 0 Å². The van der Waals surface area contributed by atoms with E-state index in [1.807, 2.05) is 11.9 Å². The molecule has 2 heterocycles. The second kappa shape index (κ2) is 5.60. The highest BCUT2D eigenvalue weighted by Gasteiger charge is 2.18. The predicted molar refractivity (Wildman–Crippen MR) is 63.6 cm³/mol. The maximum Gasteiger partial charge on any atom is 0.183 e. The summed E-state index contributed by atoms with van der Waals surface area (Å²) in [5.74, 6) is 1.28. The molecule has 0 atom stereocenters. The quantitative estimate of drug-likeness (QED) is 0.784. The Morgan fingerprint density at radius 1 is 1.41 bits per heavy atom. The van der Waals surface area contributed by atoms with Crippen LogP contribution in [0.4, 0.5) is 5.82 Å². The summed E-state index contributed by atoms with van der Waals surface area (Å²) in [4.78, 5) is 10.3. The number of nitrogens with zero attached hydrogens (tertiary/aromatic N) is 4. The first kappa shape index (κ1) is 11.8. The molecule has 0 amide bonds. The van der Waals surface area contributed by atoms with E-state index in [0.717, 1.165) is 32.6 Å². The Morgan fingerprint density at radius 2 is 2.12 bits per heavy atom. The second-order valence-electron chi connectivity index (χ2n) is 4.28. The summed E-state index contributed by atoms with van der Waals surface area (Å²) in [7, 11) is 1.96. The number of hydrogen-bond donors (Lipinski definition) is 0. The molecular formula is C12H16N4O. The average molecular weight is 232 g/mol. The molecule has 0 spiro atoms. The van der Waals surface area contributed by atoms with Crippen LogP contribution in [-0.4, -0.2) is 36.8 Å². The van der Waals surface area contributed by atoms with Gasteiger partial charge in [0.15, 0.2) is 11.5 Å². The molecule has 5 heteroatoms. The zero-order valence-electron chi connectivity index (χ0n) is 9.96. The highest BCUT2D eigenvalue weighted by molar-refractivity contribution is 5.48. The third-order valence-corrected chi connectivity index (χ3v) is 3.02. The SMILES string of the molecule is CN(CC1CCOCC1)c1nccnc1C#N. The smallest absolute Gasteiger partial charge is 0.183 e. The van der Waals surface area contributed by atoms with Crippen molar-refractivity contribution in [3.8, 4) is 6.07 Å². The van der Waals surface area contributed by atoms with Crippen molar-refractivity contribution in [3.05, 3.63) is 18.1 Å². The first-order valence-electron chi connectivity index (χ1n) is 5.81. The highest BCUT2D eigenvalue weighted by atomic mass is 16.5. The van der Waals surface area contributed by atoms with Gasteiger partial charge in [-0.2, -0.15) is 5.26 Å². The lowest BCUT2D eigenvalue weighted by molar-refractivity contribution is 0.0685. The van der Waals surface area contributed by atoms with Gasteiger partial charge in [0.05, 0.1) is 0 Å². The Hall–Kier alpha value is -1.67. The van der Waals surface area contributed by atoms with Gasteiger partial charge in [0.2, 0.25) is 0 Å². The molecule has 0 radical (unpaired) electrons. The van der Waals surface area contributed by atoms with Crippen molar-refractivity contribution in [3.63, 3.8) is 0 Å². The summed E-state index contributed by atoms with van der Waals surface area (Å²) >= 11 is 0. The van der Waals surface area contributed by atoms with Gasteiger partial charge >= 0.3 is 0 Å². The Labute approximate surface area is 101 Å². The van der Waals surface area contributed by atoms with Gasteiger partial charge < -0.3 is 9.64 Å². The molecular weight excluding hydrogens is 216 g/mol. The van der Waals surface area contributed by atoms with Gasteiger partial charge in [0.1, 0.15) is 6.07 Å². The minimum Gasteiger partial charge on any atom is -0.381 e. The normalized spacial score (nSPS) is 16.5. The number of rotatable bonds is 3. The van der Waals surface area contributed by atoms with Gasteiger partial charge in [0.25, 0.3) is 0 Å². The summed E-state index contributed by atoms with van der Waals surface area (Å²) < 4.78 is 5.33. The van der Waals surface area contributed by atoms with Crippen LogP contribution in [0, 0.1) is 17.2 Å². The molecule has 1 aromatic rings. The summed E-state index contributed by atoms with van der Waals surface area (Å²) in [6.07, 6.45) is 5.32. The van der Waals surface area contributed by atoms with Crippen LogP contribution in [0.25, 0.3) is 0 Å².